The highest BCUT2D eigenvalue weighted by molar-refractivity contribution is 7.99. The van der Waals surface area contributed by atoms with Gasteiger partial charge in [0.1, 0.15) is 0 Å². The second-order valence-corrected chi connectivity index (χ2v) is 8.38. The van der Waals surface area contributed by atoms with E-state index < -0.39 is 0 Å². The molecule has 0 fully saturated rings. The van der Waals surface area contributed by atoms with Crippen LogP contribution >= 0.6 is 23.1 Å². The van der Waals surface area contributed by atoms with E-state index in [-0.39, 0.29) is 5.91 Å². The Morgan fingerprint density at radius 1 is 1.23 bits per heavy atom. The molecule has 26 heavy (non-hydrogen) atoms. The minimum Gasteiger partial charge on any atom is -0.325 e. The average molecular weight is 387 g/mol. The summed E-state index contributed by atoms with van der Waals surface area (Å²) in [5, 5.41) is 14.4. The van der Waals surface area contributed by atoms with Crippen molar-refractivity contribution >= 4 is 34.7 Å². The molecule has 0 bridgehead atoms. The molecule has 3 rings (SSSR count). The molecule has 0 saturated heterocycles. The van der Waals surface area contributed by atoms with E-state index in [0.29, 0.717) is 5.75 Å². The largest absolute Gasteiger partial charge is 0.325 e. The van der Waals surface area contributed by atoms with E-state index in [0.717, 1.165) is 33.4 Å². The van der Waals surface area contributed by atoms with Crippen molar-refractivity contribution in [1.29, 1.82) is 0 Å². The highest BCUT2D eigenvalue weighted by Crippen LogP contribution is 2.30. The first-order valence-corrected chi connectivity index (χ1v) is 10.2. The van der Waals surface area contributed by atoms with Crippen LogP contribution in [0.1, 0.15) is 21.6 Å². The lowest BCUT2D eigenvalue weighted by molar-refractivity contribution is -0.113. The predicted octanol–water partition coefficient (Wildman–Crippen LogP) is 4.51. The van der Waals surface area contributed by atoms with Crippen molar-refractivity contribution < 1.29 is 4.79 Å². The van der Waals surface area contributed by atoms with Gasteiger partial charge in [-0.3, -0.25) is 4.79 Å². The van der Waals surface area contributed by atoms with Crippen molar-refractivity contribution in [3.05, 3.63) is 45.1 Å². The lowest BCUT2D eigenvalue weighted by atomic mass is 10.1. The summed E-state index contributed by atoms with van der Waals surface area (Å²) < 4.78 is 1.95. The van der Waals surface area contributed by atoms with E-state index in [9.17, 15) is 4.79 Å². The van der Waals surface area contributed by atoms with Gasteiger partial charge in [-0.2, -0.15) is 0 Å². The van der Waals surface area contributed by atoms with Gasteiger partial charge in [-0.05, 0) is 50.5 Å². The number of carbonyl (C=O) groups is 1. The molecule has 136 valence electrons. The fourth-order valence-electron chi connectivity index (χ4n) is 2.60. The normalized spacial score (nSPS) is 11.0. The number of amides is 1. The summed E-state index contributed by atoms with van der Waals surface area (Å²) in [5.41, 5.74) is 5.37. The zero-order chi connectivity index (χ0) is 18.8. The first-order valence-electron chi connectivity index (χ1n) is 8.31. The van der Waals surface area contributed by atoms with Gasteiger partial charge in [0.05, 0.1) is 5.75 Å². The molecule has 2 aromatic heterocycles. The standard InChI is InChI=1S/C19H22N4OS2/c1-11-6-7-12(2)16(8-11)20-17(24)10-26-19-22-21-18(23(19)5)15-9-25-14(4)13(15)3/h6-9H,10H2,1-5H3,(H,20,24). The number of aromatic nitrogens is 3. The molecule has 5 nitrogen and oxygen atoms in total. The lowest BCUT2D eigenvalue weighted by Crippen LogP contribution is -2.15. The molecule has 0 unspecified atom stereocenters. The zero-order valence-corrected chi connectivity index (χ0v) is 17.2. The number of nitrogens with one attached hydrogen (secondary N) is 1. The maximum absolute atomic E-state index is 12.3. The zero-order valence-electron chi connectivity index (χ0n) is 15.6. The molecule has 0 radical (unpaired) electrons. The van der Waals surface area contributed by atoms with E-state index in [1.54, 1.807) is 11.3 Å². The number of thioether (sulfide) groups is 1. The van der Waals surface area contributed by atoms with Crippen LogP contribution in [0.5, 0.6) is 0 Å². The average Bonchev–Trinajstić information content (AvgIpc) is 3.12. The van der Waals surface area contributed by atoms with Gasteiger partial charge >= 0.3 is 0 Å². The Hall–Kier alpha value is -2.12. The molecular weight excluding hydrogens is 364 g/mol. The van der Waals surface area contributed by atoms with Crippen molar-refractivity contribution in [2.75, 3.05) is 11.1 Å². The number of aryl methyl sites for hydroxylation is 3. The van der Waals surface area contributed by atoms with E-state index in [1.807, 2.05) is 43.7 Å². The summed E-state index contributed by atoms with van der Waals surface area (Å²) in [5.74, 6) is 1.08. The molecule has 0 saturated carbocycles. The fourth-order valence-corrected chi connectivity index (χ4v) is 4.17. The molecule has 1 aromatic carbocycles. The van der Waals surface area contributed by atoms with Gasteiger partial charge in [0.15, 0.2) is 11.0 Å². The van der Waals surface area contributed by atoms with Gasteiger partial charge in [-0.25, -0.2) is 0 Å². The smallest absolute Gasteiger partial charge is 0.234 e. The first kappa shape index (κ1) is 18.7. The monoisotopic (exact) mass is 386 g/mol. The molecule has 0 aliphatic heterocycles. The molecule has 0 aliphatic carbocycles. The second-order valence-electron chi connectivity index (χ2n) is 6.35. The highest BCUT2D eigenvalue weighted by Gasteiger charge is 2.16. The van der Waals surface area contributed by atoms with Crippen LogP contribution in [0.25, 0.3) is 11.4 Å². The first-order chi connectivity index (χ1) is 12.4. The van der Waals surface area contributed by atoms with Crippen LogP contribution in [0.2, 0.25) is 0 Å². The van der Waals surface area contributed by atoms with Crippen molar-refractivity contribution in [2.45, 2.75) is 32.9 Å². The third-order valence-corrected chi connectivity index (χ3v) is 6.39. The number of carbonyl (C=O) groups excluding carboxylic acids is 1. The molecule has 0 spiro atoms. The van der Waals surface area contributed by atoms with Crippen LogP contribution in [0.15, 0.2) is 28.7 Å². The predicted molar refractivity (Wildman–Crippen MR) is 109 cm³/mol. The molecule has 2 heterocycles. The summed E-state index contributed by atoms with van der Waals surface area (Å²) >= 11 is 3.11. The van der Waals surface area contributed by atoms with E-state index in [1.165, 1.54) is 22.2 Å². The van der Waals surface area contributed by atoms with Crippen LogP contribution in [-0.2, 0) is 11.8 Å². The maximum atomic E-state index is 12.3. The van der Waals surface area contributed by atoms with E-state index in [4.69, 9.17) is 0 Å². The van der Waals surface area contributed by atoms with Crippen LogP contribution in [0.3, 0.4) is 0 Å². The lowest BCUT2D eigenvalue weighted by Gasteiger charge is -2.09. The molecule has 3 aromatic rings. The minimum atomic E-state index is -0.0455. The van der Waals surface area contributed by atoms with Gasteiger partial charge in [0.2, 0.25) is 5.91 Å². The third kappa shape index (κ3) is 3.83. The van der Waals surface area contributed by atoms with E-state index in [2.05, 4.69) is 34.7 Å². The molecule has 0 aliphatic rings. The minimum absolute atomic E-state index is 0.0455. The number of rotatable bonds is 5. The van der Waals surface area contributed by atoms with Gasteiger partial charge in [0.25, 0.3) is 0 Å². The van der Waals surface area contributed by atoms with Gasteiger partial charge in [0, 0.05) is 28.6 Å². The number of hydrogen-bond donors (Lipinski definition) is 1. The maximum Gasteiger partial charge on any atom is 0.234 e. The number of thiophene rings is 1. The Kier molecular flexibility index (Phi) is 5.48. The van der Waals surface area contributed by atoms with Crippen molar-refractivity contribution in [3.8, 4) is 11.4 Å². The Balaban J connectivity index is 1.68. The van der Waals surface area contributed by atoms with Crippen LogP contribution in [-0.4, -0.2) is 26.4 Å². The summed E-state index contributed by atoms with van der Waals surface area (Å²) in [4.78, 5) is 13.6. The fraction of sp³-hybridized carbons (Fsp3) is 0.316. The SMILES string of the molecule is Cc1ccc(C)c(NC(=O)CSc2nnc(-c3csc(C)c3C)n2C)c1. The quantitative estimate of drug-likeness (QED) is 0.656. The molecule has 1 N–H and O–H groups in total. The Morgan fingerprint density at radius 3 is 2.69 bits per heavy atom. The van der Waals surface area contributed by atoms with E-state index >= 15 is 0 Å². The van der Waals surface area contributed by atoms with Gasteiger partial charge < -0.3 is 9.88 Å². The number of benzene rings is 1. The second kappa shape index (κ2) is 7.63. The Morgan fingerprint density at radius 2 is 2.00 bits per heavy atom. The van der Waals surface area contributed by atoms with Crippen molar-refractivity contribution in [1.82, 2.24) is 14.8 Å². The number of hydrogen-bond acceptors (Lipinski definition) is 5. The van der Waals surface area contributed by atoms with Crippen LogP contribution in [0, 0.1) is 27.7 Å². The van der Waals surface area contributed by atoms with Crippen molar-refractivity contribution in [2.24, 2.45) is 7.05 Å². The Bertz CT molecular complexity index is 959. The summed E-state index contributed by atoms with van der Waals surface area (Å²) in [7, 11) is 1.94. The van der Waals surface area contributed by atoms with Gasteiger partial charge in [-0.1, -0.05) is 23.9 Å². The summed E-state index contributed by atoms with van der Waals surface area (Å²) in [6.07, 6.45) is 0. The van der Waals surface area contributed by atoms with Gasteiger partial charge in [-0.15, -0.1) is 21.5 Å². The molecule has 1 amide bonds. The molecular formula is C19H22N4OS2. The van der Waals surface area contributed by atoms with Crippen molar-refractivity contribution in [3.63, 3.8) is 0 Å². The number of nitrogens with zero attached hydrogens (tertiary/aromatic N) is 3. The number of anilines is 1. The summed E-state index contributed by atoms with van der Waals surface area (Å²) in [6, 6.07) is 6.03. The van der Waals surface area contributed by atoms with Crippen LogP contribution in [0.4, 0.5) is 5.69 Å². The highest BCUT2D eigenvalue weighted by atomic mass is 32.2. The third-order valence-electron chi connectivity index (χ3n) is 4.36. The molecule has 0 atom stereocenters. The topological polar surface area (TPSA) is 59.8 Å². The Labute approximate surface area is 161 Å². The van der Waals surface area contributed by atoms with Crippen LogP contribution < -0.4 is 5.32 Å². The molecule has 7 heteroatoms. The summed E-state index contributed by atoms with van der Waals surface area (Å²) in [6.45, 7) is 8.20.